The summed E-state index contributed by atoms with van der Waals surface area (Å²) in [6.45, 7) is -0.652. The fourth-order valence-corrected chi connectivity index (χ4v) is 2.13. The van der Waals surface area contributed by atoms with Gasteiger partial charge >= 0.3 is 0 Å². The zero-order chi connectivity index (χ0) is 17.1. The van der Waals surface area contributed by atoms with Gasteiger partial charge in [0.05, 0.1) is 23.2 Å². The Hall–Kier alpha value is -2.11. The Balaban J connectivity index is 2.28. The van der Waals surface area contributed by atoms with Gasteiger partial charge in [-0.25, -0.2) is 0 Å². The molecule has 0 spiro atoms. The number of hydrogen-bond acceptors (Lipinski definition) is 9. The van der Waals surface area contributed by atoms with Gasteiger partial charge in [-0.15, -0.1) is 0 Å². The molecule has 5 atom stereocenters. The van der Waals surface area contributed by atoms with Crippen LogP contribution < -0.4 is 4.74 Å². The van der Waals surface area contributed by atoms with E-state index in [1.807, 2.05) is 0 Å². The molecule has 1 aliphatic rings. The first-order chi connectivity index (χ1) is 10.9. The molecule has 4 N–H and O–H groups in total. The van der Waals surface area contributed by atoms with Gasteiger partial charge in [0.25, 0.3) is 5.69 Å². The molecule has 0 unspecified atom stereocenters. The number of carbonyl (C=O) groups is 1. The average molecular weight is 329 g/mol. The maximum Gasteiger partial charge on any atom is 0.273 e. The van der Waals surface area contributed by atoms with E-state index in [0.29, 0.717) is 6.29 Å². The van der Waals surface area contributed by atoms with Gasteiger partial charge in [-0.3, -0.25) is 14.9 Å². The quantitative estimate of drug-likeness (QED) is 0.289. The third-order valence-electron chi connectivity index (χ3n) is 3.43. The zero-order valence-corrected chi connectivity index (χ0v) is 11.7. The number of carbonyl (C=O) groups excluding carboxylic acids is 1. The Morgan fingerprint density at radius 2 is 1.96 bits per heavy atom. The molecule has 1 aliphatic heterocycles. The monoisotopic (exact) mass is 329 g/mol. The lowest BCUT2D eigenvalue weighted by atomic mass is 9.99. The Bertz CT molecular complexity index is 591. The summed E-state index contributed by atoms with van der Waals surface area (Å²) in [5.41, 5.74) is -0.386. The number of nitro groups is 1. The number of nitro benzene ring substituents is 1. The zero-order valence-electron chi connectivity index (χ0n) is 11.7. The van der Waals surface area contributed by atoms with E-state index in [9.17, 15) is 30.2 Å². The first-order valence-corrected chi connectivity index (χ1v) is 6.59. The maximum absolute atomic E-state index is 11.0. The van der Waals surface area contributed by atoms with Crippen molar-refractivity contribution in [1.29, 1.82) is 0 Å². The summed E-state index contributed by atoms with van der Waals surface area (Å²) in [4.78, 5) is 21.1. The van der Waals surface area contributed by atoms with Crippen molar-refractivity contribution in [2.75, 3.05) is 6.61 Å². The molecule has 0 aliphatic carbocycles. The van der Waals surface area contributed by atoms with E-state index >= 15 is 0 Å². The predicted molar refractivity (Wildman–Crippen MR) is 72.9 cm³/mol. The second-order valence-electron chi connectivity index (χ2n) is 4.91. The molecule has 1 saturated heterocycles. The fourth-order valence-electron chi connectivity index (χ4n) is 2.13. The second kappa shape index (κ2) is 6.98. The molecule has 0 bridgehead atoms. The minimum atomic E-state index is -1.69. The van der Waals surface area contributed by atoms with E-state index in [2.05, 4.69) is 0 Å². The van der Waals surface area contributed by atoms with E-state index in [1.165, 1.54) is 0 Å². The first kappa shape index (κ1) is 17.2. The normalized spacial score (nSPS) is 30.7. The molecule has 10 nitrogen and oxygen atoms in total. The van der Waals surface area contributed by atoms with Crippen LogP contribution >= 0.6 is 0 Å². The van der Waals surface area contributed by atoms with Crippen LogP contribution in [0.3, 0.4) is 0 Å². The van der Waals surface area contributed by atoms with Gasteiger partial charge in [0, 0.05) is 6.07 Å². The van der Waals surface area contributed by atoms with Crippen molar-refractivity contribution in [1.82, 2.24) is 0 Å². The fraction of sp³-hybridized carbons (Fsp3) is 0.462. The number of hydrogen-bond donors (Lipinski definition) is 4. The van der Waals surface area contributed by atoms with Crippen LogP contribution in [0, 0.1) is 10.1 Å². The Morgan fingerprint density at radius 3 is 2.52 bits per heavy atom. The second-order valence-corrected chi connectivity index (χ2v) is 4.91. The number of aliphatic hydroxyl groups excluding tert-OH is 4. The van der Waals surface area contributed by atoms with Crippen LogP contribution in [0.2, 0.25) is 0 Å². The Morgan fingerprint density at radius 1 is 1.26 bits per heavy atom. The third-order valence-corrected chi connectivity index (χ3v) is 3.43. The van der Waals surface area contributed by atoms with Crippen LogP contribution in [-0.4, -0.2) is 68.9 Å². The minimum Gasteiger partial charge on any atom is -0.461 e. The standard InChI is InChI=1S/C13H15NO9/c15-4-6-1-2-7(14(20)21)3-8(6)22-13-12(19)11(18)10(17)9(5-16)23-13/h1-4,9-13,16-19H,5H2/t9-,10+,11+,12-,13-/m1/s1. The highest BCUT2D eigenvalue weighted by atomic mass is 16.7. The highest BCUT2D eigenvalue weighted by Gasteiger charge is 2.44. The molecule has 1 heterocycles. The number of rotatable bonds is 5. The van der Waals surface area contributed by atoms with Crippen LogP contribution in [0.15, 0.2) is 18.2 Å². The van der Waals surface area contributed by atoms with E-state index in [4.69, 9.17) is 14.6 Å². The van der Waals surface area contributed by atoms with Gasteiger partial charge in [0.1, 0.15) is 30.2 Å². The summed E-state index contributed by atoms with van der Waals surface area (Å²) in [5.74, 6) is -0.237. The summed E-state index contributed by atoms with van der Waals surface area (Å²) < 4.78 is 10.4. The molecule has 10 heteroatoms. The van der Waals surface area contributed by atoms with E-state index < -0.39 is 42.2 Å². The smallest absolute Gasteiger partial charge is 0.273 e. The van der Waals surface area contributed by atoms with Crippen molar-refractivity contribution >= 4 is 12.0 Å². The predicted octanol–water partition coefficient (Wildman–Crippen LogP) is -1.41. The molecular formula is C13H15NO9. The van der Waals surface area contributed by atoms with Gasteiger partial charge in [-0.2, -0.15) is 0 Å². The number of non-ortho nitro benzene ring substituents is 1. The van der Waals surface area contributed by atoms with Crippen LogP contribution in [0.5, 0.6) is 5.75 Å². The van der Waals surface area contributed by atoms with Crippen LogP contribution in [0.25, 0.3) is 0 Å². The summed E-state index contributed by atoms with van der Waals surface area (Å²) in [6, 6.07) is 3.22. The maximum atomic E-state index is 11.0. The molecule has 1 fully saturated rings. The Kier molecular flexibility index (Phi) is 5.23. The largest absolute Gasteiger partial charge is 0.461 e. The number of aldehydes is 1. The van der Waals surface area contributed by atoms with E-state index in [1.54, 1.807) is 0 Å². The molecule has 0 saturated carbocycles. The lowest BCUT2D eigenvalue weighted by Crippen LogP contribution is -2.60. The summed E-state index contributed by atoms with van der Waals surface area (Å²) in [6.07, 6.45) is -7.26. The van der Waals surface area contributed by atoms with Crippen molar-refractivity contribution in [2.24, 2.45) is 0 Å². The van der Waals surface area contributed by atoms with E-state index in [0.717, 1.165) is 18.2 Å². The Labute approximate surface area is 129 Å². The van der Waals surface area contributed by atoms with E-state index in [-0.39, 0.29) is 17.0 Å². The van der Waals surface area contributed by atoms with Gasteiger partial charge in [0.15, 0.2) is 6.29 Å². The molecule has 0 amide bonds. The average Bonchev–Trinajstić information content (AvgIpc) is 2.55. The lowest BCUT2D eigenvalue weighted by Gasteiger charge is -2.39. The number of nitrogens with zero attached hydrogens (tertiary/aromatic N) is 1. The minimum absolute atomic E-state index is 0.0347. The summed E-state index contributed by atoms with van der Waals surface area (Å²) >= 11 is 0. The van der Waals surface area contributed by atoms with Crippen molar-refractivity contribution in [3.63, 3.8) is 0 Å². The number of benzene rings is 1. The topological polar surface area (TPSA) is 160 Å². The van der Waals surface area contributed by atoms with Gasteiger partial charge < -0.3 is 29.9 Å². The lowest BCUT2D eigenvalue weighted by molar-refractivity contribution is -0.385. The summed E-state index contributed by atoms with van der Waals surface area (Å²) in [7, 11) is 0. The number of ether oxygens (including phenoxy) is 2. The highest BCUT2D eigenvalue weighted by molar-refractivity contribution is 5.80. The van der Waals surface area contributed by atoms with Crippen molar-refractivity contribution in [2.45, 2.75) is 30.7 Å². The van der Waals surface area contributed by atoms with Gasteiger partial charge in [0.2, 0.25) is 6.29 Å². The molecule has 0 aromatic heterocycles. The van der Waals surface area contributed by atoms with Crippen molar-refractivity contribution < 1.29 is 39.6 Å². The summed E-state index contributed by atoms with van der Waals surface area (Å²) in [5, 5.41) is 49.1. The van der Waals surface area contributed by atoms with Crippen LogP contribution in [-0.2, 0) is 4.74 Å². The molecule has 0 radical (unpaired) electrons. The van der Waals surface area contributed by atoms with Crippen molar-refractivity contribution in [3.8, 4) is 5.75 Å². The van der Waals surface area contributed by atoms with Gasteiger partial charge in [-0.05, 0) is 6.07 Å². The first-order valence-electron chi connectivity index (χ1n) is 6.59. The van der Waals surface area contributed by atoms with Crippen LogP contribution in [0.1, 0.15) is 10.4 Å². The molecule has 23 heavy (non-hydrogen) atoms. The SMILES string of the molecule is O=Cc1ccc([N+](=O)[O-])cc1O[C@@H]1O[C@H](CO)[C@H](O)[C@H](O)[C@H]1O. The highest BCUT2D eigenvalue weighted by Crippen LogP contribution is 2.28. The van der Waals surface area contributed by atoms with Crippen LogP contribution in [0.4, 0.5) is 5.69 Å². The van der Waals surface area contributed by atoms with Crippen molar-refractivity contribution in [3.05, 3.63) is 33.9 Å². The third kappa shape index (κ3) is 3.46. The van der Waals surface area contributed by atoms with Gasteiger partial charge in [-0.1, -0.05) is 0 Å². The molecular weight excluding hydrogens is 314 g/mol. The number of aliphatic hydroxyl groups is 4. The molecule has 1 aromatic carbocycles. The molecule has 1 aromatic rings. The molecule has 126 valence electrons. The molecule has 2 rings (SSSR count).